The molecule has 0 saturated heterocycles. The first kappa shape index (κ1) is 61.6. The summed E-state index contributed by atoms with van der Waals surface area (Å²) in [4.78, 5) is 24.5. The van der Waals surface area contributed by atoms with Gasteiger partial charge in [0.25, 0.3) is 0 Å². The van der Waals surface area contributed by atoms with Gasteiger partial charge in [-0.25, -0.2) is 0 Å². The van der Waals surface area contributed by atoms with Gasteiger partial charge in [-0.15, -0.1) is 0 Å². The smallest absolute Gasteiger partial charge is 0.305 e. The van der Waals surface area contributed by atoms with Crippen LogP contribution in [0.1, 0.15) is 316 Å². The van der Waals surface area contributed by atoms with Gasteiger partial charge >= 0.3 is 5.97 Å². The molecule has 0 aromatic rings. The van der Waals surface area contributed by atoms with Crippen LogP contribution in [0.3, 0.4) is 0 Å². The highest BCUT2D eigenvalue weighted by Crippen LogP contribution is 2.17. The Morgan fingerprint density at radius 3 is 1.14 bits per heavy atom. The monoisotopic (exact) mass is 890 g/mol. The zero-order valence-electron chi connectivity index (χ0n) is 42.6. The van der Waals surface area contributed by atoms with Gasteiger partial charge in [0, 0.05) is 12.8 Å². The number of carbonyl (C=O) groups is 2. The van der Waals surface area contributed by atoms with E-state index < -0.39 is 12.1 Å². The van der Waals surface area contributed by atoms with E-state index in [1.807, 2.05) is 0 Å². The molecule has 0 aliphatic heterocycles. The highest BCUT2D eigenvalue weighted by Gasteiger charge is 2.20. The minimum Gasteiger partial charge on any atom is -0.466 e. The number of rotatable bonds is 53. The summed E-state index contributed by atoms with van der Waals surface area (Å²) in [6, 6.07) is -0.545. The van der Waals surface area contributed by atoms with Crippen molar-refractivity contribution in [1.29, 1.82) is 0 Å². The Balaban J connectivity index is 3.42. The van der Waals surface area contributed by atoms with Crippen LogP contribution in [0, 0.1) is 0 Å². The lowest BCUT2D eigenvalue weighted by Gasteiger charge is -2.22. The number of esters is 1. The SMILES string of the molecule is CCCCCC/C=C\CCCCCCCC(=O)OCCCCCCCCCCCCCCCCCCCC(=O)NC(CO)C(O)CCCCCCCCCCCCCCCCCC. The zero-order chi connectivity index (χ0) is 45.8. The van der Waals surface area contributed by atoms with Gasteiger partial charge in [0.1, 0.15) is 0 Å². The summed E-state index contributed by atoms with van der Waals surface area (Å²) < 4.78 is 5.46. The molecule has 0 bridgehead atoms. The Hall–Kier alpha value is -1.40. The van der Waals surface area contributed by atoms with Gasteiger partial charge in [0.15, 0.2) is 0 Å². The van der Waals surface area contributed by atoms with Crippen LogP contribution in [0.15, 0.2) is 12.2 Å². The van der Waals surface area contributed by atoms with Crippen LogP contribution >= 0.6 is 0 Å². The fraction of sp³-hybridized carbons (Fsp3) is 0.930. The molecule has 0 rings (SSSR count). The number of aliphatic hydroxyl groups excluding tert-OH is 2. The van der Waals surface area contributed by atoms with E-state index in [0.717, 1.165) is 44.9 Å². The fourth-order valence-corrected chi connectivity index (χ4v) is 8.93. The van der Waals surface area contributed by atoms with Crippen LogP contribution in [0.4, 0.5) is 0 Å². The highest BCUT2D eigenvalue weighted by molar-refractivity contribution is 5.76. The van der Waals surface area contributed by atoms with Crippen molar-refractivity contribution in [2.24, 2.45) is 0 Å². The fourth-order valence-electron chi connectivity index (χ4n) is 8.93. The van der Waals surface area contributed by atoms with Crippen LogP contribution in [0.25, 0.3) is 0 Å². The number of unbranched alkanes of at least 4 members (excludes halogenated alkanes) is 40. The van der Waals surface area contributed by atoms with Gasteiger partial charge in [-0.1, -0.05) is 264 Å². The molecule has 0 saturated carbocycles. The average Bonchev–Trinajstić information content (AvgIpc) is 3.28. The Morgan fingerprint density at radius 1 is 0.429 bits per heavy atom. The van der Waals surface area contributed by atoms with Crippen molar-refractivity contribution >= 4 is 11.9 Å². The number of hydrogen-bond donors (Lipinski definition) is 3. The van der Waals surface area contributed by atoms with Crippen molar-refractivity contribution in [3.63, 3.8) is 0 Å². The third-order valence-corrected chi connectivity index (χ3v) is 13.3. The Morgan fingerprint density at radius 2 is 0.746 bits per heavy atom. The molecule has 6 heteroatoms. The number of carbonyl (C=O) groups excluding carboxylic acids is 2. The second-order valence-corrected chi connectivity index (χ2v) is 19.6. The van der Waals surface area contributed by atoms with Gasteiger partial charge in [-0.05, 0) is 51.4 Å². The van der Waals surface area contributed by atoms with E-state index in [2.05, 4.69) is 31.3 Å². The molecule has 0 heterocycles. The van der Waals surface area contributed by atoms with E-state index in [1.165, 1.54) is 238 Å². The lowest BCUT2D eigenvalue weighted by Crippen LogP contribution is -2.45. The molecule has 0 aliphatic carbocycles. The number of ether oxygens (including phenoxy) is 1. The molecule has 3 N–H and O–H groups in total. The van der Waals surface area contributed by atoms with Gasteiger partial charge in [-0.2, -0.15) is 0 Å². The first-order valence-corrected chi connectivity index (χ1v) is 28.4. The van der Waals surface area contributed by atoms with Crippen LogP contribution in [-0.2, 0) is 14.3 Å². The average molecular weight is 891 g/mol. The van der Waals surface area contributed by atoms with Gasteiger partial charge in [-0.3, -0.25) is 9.59 Å². The van der Waals surface area contributed by atoms with Crippen LogP contribution in [-0.4, -0.2) is 47.4 Å². The van der Waals surface area contributed by atoms with E-state index in [4.69, 9.17) is 4.74 Å². The first-order chi connectivity index (χ1) is 31.0. The van der Waals surface area contributed by atoms with Crippen LogP contribution in [0.2, 0.25) is 0 Å². The standard InChI is InChI=1S/C57H111NO5/c1-3-5-7-9-11-13-15-17-18-22-26-29-33-37-41-45-49-55(60)54(53-59)58-56(61)50-46-42-38-34-30-27-23-20-19-21-24-28-32-36-40-44-48-52-63-57(62)51-47-43-39-35-31-25-16-14-12-10-8-6-4-2/h14,16,54-55,59-60H,3-13,15,17-53H2,1-2H3,(H,58,61)/b16-14-. The summed E-state index contributed by atoms with van der Waals surface area (Å²) in [5.74, 6) is -0.0416. The summed E-state index contributed by atoms with van der Waals surface area (Å²) >= 11 is 0. The Labute approximate surface area is 393 Å². The zero-order valence-corrected chi connectivity index (χ0v) is 42.6. The molecule has 0 aromatic heterocycles. The molecule has 1 amide bonds. The number of nitrogens with one attached hydrogen (secondary N) is 1. The number of amides is 1. The second-order valence-electron chi connectivity index (χ2n) is 19.6. The molecule has 2 atom stereocenters. The van der Waals surface area contributed by atoms with Gasteiger partial charge in [0.2, 0.25) is 5.91 Å². The molecular formula is C57H111NO5. The third-order valence-electron chi connectivity index (χ3n) is 13.3. The summed E-state index contributed by atoms with van der Waals surface area (Å²) in [6.07, 6.45) is 61.9. The molecule has 0 radical (unpaired) electrons. The Kier molecular flexibility index (Phi) is 52.0. The molecule has 374 valence electrons. The van der Waals surface area contributed by atoms with E-state index in [1.54, 1.807) is 0 Å². The second kappa shape index (κ2) is 53.2. The minimum atomic E-state index is -0.667. The lowest BCUT2D eigenvalue weighted by atomic mass is 10.0. The Bertz CT molecular complexity index is 939. The molecule has 0 spiro atoms. The number of hydrogen-bond acceptors (Lipinski definition) is 5. The van der Waals surface area contributed by atoms with Crippen molar-refractivity contribution in [2.75, 3.05) is 13.2 Å². The molecular weight excluding hydrogens is 779 g/mol. The van der Waals surface area contributed by atoms with Gasteiger partial charge < -0.3 is 20.3 Å². The van der Waals surface area contributed by atoms with E-state index in [9.17, 15) is 19.8 Å². The van der Waals surface area contributed by atoms with Crippen molar-refractivity contribution in [2.45, 2.75) is 328 Å². The molecule has 0 aliphatic rings. The van der Waals surface area contributed by atoms with Gasteiger partial charge in [0.05, 0.1) is 25.4 Å². The molecule has 63 heavy (non-hydrogen) atoms. The molecule has 2 unspecified atom stereocenters. The molecule has 0 fully saturated rings. The van der Waals surface area contributed by atoms with Crippen LogP contribution in [0.5, 0.6) is 0 Å². The predicted molar refractivity (Wildman–Crippen MR) is 273 cm³/mol. The maximum absolute atomic E-state index is 12.5. The molecule has 0 aromatic carbocycles. The largest absolute Gasteiger partial charge is 0.466 e. The normalized spacial score (nSPS) is 12.6. The van der Waals surface area contributed by atoms with Crippen molar-refractivity contribution in [3.8, 4) is 0 Å². The topological polar surface area (TPSA) is 95.9 Å². The van der Waals surface area contributed by atoms with E-state index >= 15 is 0 Å². The summed E-state index contributed by atoms with van der Waals surface area (Å²) in [5, 5.41) is 23.3. The first-order valence-electron chi connectivity index (χ1n) is 28.4. The summed E-state index contributed by atoms with van der Waals surface area (Å²) in [7, 11) is 0. The highest BCUT2D eigenvalue weighted by atomic mass is 16.5. The summed E-state index contributed by atoms with van der Waals surface area (Å²) in [5.41, 5.74) is 0. The summed E-state index contributed by atoms with van der Waals surface area (Å²) in [6.45, 7) is 4.94. The van der Waals surface area contributed by atoms with E-state index in [0.29, 0.717) is 25.9 Å². The maximum atomic E-state index is 12.5. The maximum Gasteiger partial charge on any atom is 0.305 e. The lowest BCUT2D eigenvalue weighted by molar-refractivity contribution is -0.143. The van der Waals surface area contributed by atoms with Crippen molar-refractivity contribution in [1.82, 2.24) is 5.32 Å². The quantitative estimate of drug-likeness (QED) is 0.0321. The van der Waals surface area contributed by atoms with E-state index in [-0.39, 0.29) is 18.5 Å². The third kappa shape index (κ3) is 49.9. The number of aliphatic hydroxyl groups is 2. The molecule has 6 nitrogen and oxygen atoms in total. The predicted octanol–water partition coefficient (Wildman–Crippen LogP) is 17.3. The van der Waals surface area contributed by atoms with Crippen LogP contribution < -0.4 is 5.32 Å². The minimum absolute atomic E-state index is 0.00333. The van der Waals surface area contributed by atoms with Crippen molar-refractivity contribution < 1.29 is 24.5 Å². The van der Waals surface area contributed by atoms with Crippen molar-refractivity contribution in [3.05, 3.63) is 12.2 Å². The number of allylic oxidation sites excluding steroid dienone is 2.